The number of ether oxygens (including phenoxy) is 1. The van der Waals surface area contributed by atoms with E-state index in [-0.39, 0.29) is 6.54 Å². The first-order valence-corrected chi connectivity index (χ1v) is 9.75. The van der Waals surface area contributed by atoms with Crippen LogP contribution >= 0.6 is 11.3 Å². The monoisotopic (exact) mass is 398 g/mol. The lowest BCUT2D eigenvalue weighted by molar-refractivity contribution is -0.136. The molecule has 0 radical (unpaired) electrons. The van der Waals surface area contributed by atoms with Gasteiger partial charge in [0.05, 0.1) is 18.8 Å². The van der Waals surface area contributed by atoms with Gasteiger partial charge in [-0.1, -0.05) is 30.3 Å². The third kappa shape index (κ3) is 4.49. The Kier molecular flexibility index (Phi) is 5.96. The quantitative estimate of drug-likeness (QED) is 0.556. The molecule has 146 valence electrons. The molecule has 0 aliphatic carbocycles. The maximum Gasteiger partial charge on any atom is 0.313 e. The summed E-state index contributed by atoms with van der Waals surface area (Å²) in [5.41, 5.74) is -0.871. The molecule has 28 heavy (non-hydrogen) atoms. The second-order valence-electron chi connectivity index (χ2n) is 6.49. The Bertz CT molecular complexity index is 964. The van der Waals surface area contributed by atoms with Crippen molar-refractivity contribution < 1.29 is 19.4 Å². The standard InChI is InChI=1S/C21H22N2O4S/c1-3-27-16-10-6-5-9-15(16)23-20(25)19(24)22-13-21(2,26)18-12-14-8-4-7-11-17(14)28-18/h4-12,26H,3,13H2,1-2H3,(H,22,24)(H,23,25)/t21-/m1/s1. The van der Waals surface area contributed by atoms with Gasteiger partial charge < -0.3 is 20.5 Å². The van der Waals surface area contributed by atoms with Crippen LogP contribution in [0.3, 0.4) is 0 Å². The van der Waals surface area contributed by atoms with Gasteiger partial charge in [0, 0.05) is 9.58 Å². The van der Waals surface area contributed by atoms with Crippen molar-refractivity contribution in [2.75, 3.05) is 18.5 Å². The van der Waals surface area contributed by atoms with E-state index in [4.69, 9.17) is 4.74 Å². The average molecular weight is 398 g/mol. The van der Waals surface area contributed by atoms with E-state index in [1.807, 2.05) is 37.3 Å². The molecule has 2 amide bonds. The highest BCUT2D eigenvalue weighted by Crippen LogP contribution is 2.32. The summed E-state index contributed by atoms with van der Waals surface area (Å²) in [6.07, 6.45) is 0. The highest BCUT2D eigenvalue weighted by molar-refractivity contribution is 7.19. The number of benzene rings is 2. The van der Waals surface area contributed by atoms with Gasteiger partial charge in [0.1, 0.15) is 11.4 Å². The summed E-state index contributed by atoms with van der Waals surface area (Å²) in [6.45, 7) is 3.80. The van der Waals surface area contributed by atoms with Gasteiger partial charge >= 0.3 is 11.8 Å². The summed E-state index contributed by atoms with van der Waals surface area (Å²) >= 11 is 1.46. The van der Waals surface area contributed by atoms with E-state index in [0.717, 1.165) is 15.0 Å². The van der Waals surface area contributed by atoms with Crippen molar-refractivity contribution in [1.82, 2.24) is 5.32 Å². The summed E-state index contributed by atoms with van der Waals surface area (Å²) in [5, 5.41) is 16.8. The fourth-order valence-electron chi connectivity index (χ4n) is 2.70. The predicted molar refractivity (Wildman–Crippen MR) is 111 cm³/mol. The van der Waals surface area contributed by atoms with Gasteiger partial charge in [0.15, 0.2) is 0 Å². The summed E-state index contributed by atoms with van der Waals surface area (Å²) in [4.78, 5) is 25.1. The molecule has 0 saturated carbocycles. The van der Waals surface area contributed by atoms with E-state index >= 15 is 0 Å². The van der Waals surface area contributed by atoms with Gasteiger partial charge in [0.2, 0.25) is 0 Å². The lowest BCUT2D eigenvalue weighted by Gasteiger charge is -2.22. The maximum atomic E-state index is 12.2. The Morgan fingerprint density at radius 3 is 2.57 bits per heavy atom. The zero-order chi connectivity index (χ0) is 20.1. The molecule has 1 aromatic heterocycles. The summed E-state index contributed by atoms with van der Waals surface area (Å²) in [6, 6.07) is 16.6. The van der Waals surface area contributed by atoms with E-state index in [1.165, 1.54) is 11.3 Å². The van der Waals surface area contributed by atoms with Crippen LogP contribution in [-0.2, 0) is 15.2 Å². The molecule has 1 heterocycles. The van der Waals surface area contributed by atoms with Gasteiger partial charge in [-0.25, -0.2) is 0 Å². The SMILES string of the molecule is CCOc1ccccc1NC(=O)C(=O)NC[C@@](C)(O)c1cc2ccccc2s1. The zero-order valence-electron chi connectivity index (χ0n) is 15.7. The van der Waals surface area contributed by atoms with Crippen LogP contribution in [0, 0.1) is 0 Å². The first-order chi connectivity index (χ1) is 13.4. The van der Waals surface area contributed by atoms with E-state index in [9.17, 15) is 14.7 Å². The van der Waals surface area contributed by atoms with Crippen molar-refractivity contribution in [3.63, 3.8) is 0 Å². The van der Waals surface area contributed by atoms with Crippen molar-refractivity contribution in [3.05, 3.63) is 59.5 Å². The molecule has 0 spiro atoms. The van der Waals surface area contributed by atoms with Crippen LogP contribution in [0.15, 0.2) is 54.6 Å². The third-order valence-corrected chi connectivity index (χ3v) is 5.56. The van der Waals surface area contributed by atoms with Crippen molar-refractivity contribution in [3.8, 4) is 5.75 Å². The molecule has 7 heteroatoms. The molecule has 1 atom stereocenters. The molecule has 3 rings (SSSR count). The Hall–Kier alpha value is -2.90. The van der Waals surface area contributed by atoms with Crippen LogP contribution in [0.1, 0.15) is 18.7 Å². The molecular weight excluding hydrogens is 376 g/mol. The molecule has 0 aliphatic rings. The largest absolute Gasteiger partial charge is 0.492 e. The molecule has 0 bridgehead atoms. The van der Waals surface area contributed by atoms with Gasteiger partial charge in [-0.05, 0) is 43.5 Å². The highest BCUT2D eigenvalue weighted by Gasteiger charge is 2.27. The average Bonchev–Trinajstić information content (AvgIpc) is 3.13. The minimum absolute atomic E-state index is 0.0841. The molecule has 3 aromatic rings. The van der Waals surface area contributed by atoms with Crippen molar-refractivity contribution in [2.24, 2.45) is 0 Å². The number of hydrogen-bond donors (Lipinski definition) is 3. The predicted octanol–water partition coefficient (Wildman–Crippen LogP) is 3.26. The fraction of sp³-hybridized carbons (Fsp3) is 0.238. The number of rotatable bonds is 6. The lowest BCUT2D eigenvalue weighted by atomic mass is 10.0. The Balaban J connectivity index is 1.63. The van der Waals surface area contributed by atoms with Crippen LogP contribution in [0.25, 0.3) is 10.1 Å². The Morgan fingerprint density at radius 2 is 1.82 bits per heavy atom. The van der Waals surface area contributed by atoms with Gasteiger partial charge in [0.25, 0.3) is 0 Å². The van der Waals surface area contributed by atoms with E-state index < -0.39 is 17.4 Å². The number of carbonyl (C=O) groups excluding carboxylic acids is 2. The fourth-order valence-corrected chi connectivity index (χ4v) is 3.80. The van der Waals surface area contributed by atoms with Gasteiger partial charge in [-0.3, -0.25) is 9.59 Å². The minimum Gasteiger partial charge on any atom is -0.492 e. The van der Waals surface area contributed by atoms with Crippen LogP contribution in [0.5, 0.6) is 5.75 Å². The number of carbonyl (C=O) groups is 2. The number of amides is 2. The normalized spacial score (nSPS) is 13.0. The maximum absolute atomic E-state index is 12.2. The number of fused-ring (bicyclic) bond motifs is 1. The first-order valence-electron chi connectivity index (χ1n) is 8.93. The summed E-state index contributed by atoms with van der Waals surface area (Å²) < 4.78 is 6.48. The Labute approximate surface area is 167 Å². The molecule has 6 nitrogen and oxygen atoms in total. The highest BCUT2D eigenvalue weighted by atomic mass is 32.1. The smallest absolute Gasteiger partial charge is 0.313 e. The number of hydrogen-bond acceptors (Lipinski definition) is 5. The molecule has 2 aromatic carbocycles. The molecule has 3 N–H and O–H groups in total. The molecule has 0 fully saturated rings. The minimum atomic E-state index is -1.29. The van der Waals surface area contributed by atoms with Crippen molar-refractivity contribution >= 4 is 38.9 Å². The van der Waals surface area contributed by atoms with Crippen LogP contribution in [0.2, 0.25) is 0 Å². The van der Waals surface area contributed by atoms with Gasteiger partial charge in [-0.2, -0.15) is 0 Å². The second kappa shape index (κ2) is 8.41. The number of para-hydroxylation sites is 2. The summed E-state index contributed by atoms with van der Waals surface area (Å²) in [5.74, 6) is -1.16. The van der Waals surface area contributed by atoms with Gasteiger partial charge in [-0.15, -0.1) is 11.3 Å². The molecule has 0 unspecified atom stereocenters. The van der Waals surface area contributed by atoms with E-state index in [0.29, 0.717) is 18.0 Å². The number of anilines is 1. The van der Waals surface area contributed by atoms with E-state index in [2.05, 4.69) is 10.6 Å². The van der Waals surface area contributed by atoms with Crippen LogP contribution < -0.4 is 15.4 Å². The van der Waals surface area contributed by atoms with Crippen LogP contribution in [-0.4, -0.2) is 30.1 Å². The second-order valence-corrected chi connectivity index (χ2v) is 7.57. The first kappa shape index (κ1) is 19.9. The topological polar surface area (TPSA) is 87.7 Å². The number of nitrogens with one attached hydrogen (secondary N) is 2. The number of aliphatic hydroxyl groups is 1. The molecular formula is C21H22N2O4S. The molecule has 0 aliphatic heterocycles. The van der Waals surface area contributed by atoms with E-state index in [1.54, 1.807) is 31.2 Å². The molecule has 0 saturated heterocycles. The summed E-state index contributed by atoms with van der Waals surface area (Å²) in [7, 11) is 0. The lowest BCUT2D eigenvalue weighted by Crippen LogP contribution is -2.43. The Morgan fingerprint density at radius 1 is 1.11 bits per heavy atom. The van der Waals surface area contributed by atoms with Crippen molar-refractivity contribution in [2.45, 2.75) is 19.4 Å². The van der Waals surface area contributed by atoms with Crippen molar-refractivity contribution in [1.29, 1.82) is 0 Å². The van der Waals surface area contributed by atoms with Crippen LogP contribution in [0.4, 0.5) is 5.69 Å². The zero-order valence-corrected chi connectivity index (χ0v) is 16.5. The third-order valence-electron chi connectivity index (χ3n) is 4.19. The number of thiophene rings is 1.